The fraction of sp³-hybridized carbons (Fsp3) is 0. The summed E-state index contributed by atoms with van der Waals surface area (Å²) in [5, 5.41) is 0. The van der Waals surface area contributed by atoms with Gasteiger partial charge in [0.25, 0.3) is 0 Å². The van der Waals surface area contributed by atoms with Gasteiger partial charge in [0.1, 0.15) is 6.26 Å². The fourth-order valence-corrected chi connectivity index (χ4v) is 0.605. The van der Waals surface area contributed by atoms with Gasteiger partial charge < -0.3 is 9.15 Å². The van der Waals surface area contributed by atoms with Crippen LogP contribution < -0.4 is 0 Å². The predicted octanol–water partition coefficient (Wildman–Crippen LogP) is 2.14. The van der Waals surface area contributed by atoms with Crippen LogP contribution in [0.3, 0.4) is 0 Å². The van der Waals surface area contributed by atoms with Gasteiger partial charge in [0.2, 0.25) is 0 Å². The lowest BCUT2D eigenvalue weighted by Gasteiger charge is -1.92. The average molecular weight is 164 g/mol. The SMILES string of the molecule is C=CC=COC(=O)c1ccoc1. The van der Waals surface area contributed by atoms with E-state index in [9.17, 15) is 4.79 Å². The topological polar surface area (TPSA) is 39.4 Å². The van der Waals surface area contributed by atoms with E-state index in [0.717, 1.165) is 0 Å². The van der Waals surface area contributed by atoms with Crippen LogP contribution in [0.2, 0.25) is 0 Å². The monoisotopic (exact) mass is 164 g/mol. The highest BCUT2D eigenvalue weighted by atomic mass is 16.5. The maximum Gasteiger partial charge on any atom is 0.346 e. The van der Waals surface area contributed by atoms with Crippen LogP contribution in [-0.2, 0) is 4.74 Å². The summed E-state index contributed by atoms with van der Waals surface area (Å²) in [5.41, 5.74) is 0.392. The maximum absolute atomic E-state index is 11.0. The first-order valence-corrected chi connectivity index (χ1v) is 3.35. The van der Waals surface area contributed by atoms with Crippen LogP contribution in [0.5, 0.6) is 0 Å². The number of carbonyl (C=O) groups is 1. The molecule has 62 valence electrons. The fourth-order valence-electron chi connectivity index (χ4n) is 0.605. The highest BCUT2D eigenvalue weighted by Gasteiger charge is 2.05. The molecule has 1 aromatic heterocycles. The molecule has 1 aromatic rings. The summed E-state index contributed by atoms with van der Waals surface area (Å²) in [4.78, 5) is 11.0. The van der Waals surface area contributed by atoms with E-state index in [1.54, 1.807) is 0 Å². The molecular weight excluding hydrogens is 156 g/mol. The Morgan fingerprint density at radius 3 is 3.08 bits per heavy atom. The lowest BCUT2D eigenvalue weighted by Crippen LogP contribution is -1.97. The van der Waals surface area contributed by atoms with Crippen molar-refractivity contribution in [2.45, 2.75) is 0 Å². The summed E-state index contributed by atoms with van der Waals surface area (Å²) in [6.07, 6.45) is 7.04. The van der Waals surface area contributed by atoms with Crippen LogP contribution in [-0.4, -0.2) is 5.97 Å². The molecule has 0 aromatic carbocycles. The minimum atomic E-state index is -0.443. The van der Waals surface area contributed by atoms with Gasteiger partial charge in [-0.2, -0.15) is 0 Å². The molecule has 0 saturated heterocycles. The number of furan rings is 1. The van der Waals surface area contributed by atoms with Crippen molar-refractivity contribution in [3.05, 3.63) is 49.1 Å². The molecule has 0 bridgehead atoms. The highest BCUT2D eigenvalue weighted by molar-refractivity contribution is 5.89. The van der Waals surface area contributed by atoms with E-state index < -0.39 is 5.97 Å². The van der Waals surface area contributed by atoms with Crippen LogP contribution in [0.15, 0.2) is 48.0 Å². The van der Waals surface area contributed by atoms with E-state index in [1.807, 2.05) is 0 Å². The minimum Gasteiger partial charge on any atom is -0.472 e. The van der Waals surface area contributed by atoms with E-state index in [1.165, 1.54) is 37.0 Å². The van der Waals surface area contributed by atoms with Gasteiger partial charge in [-0.25, -0.2) is 4.79 Å². The standard InChI is InChI=1S/C9H8O3/c1-2-3-5-12-9(10)8-4-6-11-7-8/h2-7H,1H2. The van der Waals surface area contributed by atoms with Crippen molar-refractivity contribution in [1.82, 2.24) is 0 Å². The van der Waals surface area contributed by atoms with Gasteiger partial charge in [0.15, 0.2) is 0 Å². The Hall–Kier alpha value is -1.77. The van der Waals surface area contributed by atoms with Gasteiger partial charge in [-0.15, -0.1) is 0 Å². The summed E-state index contributed by atoms with van der Waals surface area (Å²) in [5.74, 6) is -0.443. The van der Waals surface area contributed by atoms with Crippen molar-refractivity contribution in [1.29, 1.82) is 0 Å². The lowest BCUT2D eigenvalue weighted by molar-refractivity contribution is 0.0662. The zero-order valence-corrected chi connectivity index (χ0v) is 6.40. The summed E-state index contributed by atoms with van der Waals surface area (Å²) in [7, 11) is 0. The van der Waals surface area contributed by atoms with Gasteiger partial charge in [-0.3, -0.25) is 0 Å². The number of rotatable bonds is 3. The third-order valence-electron chi connectivity index (χ3n) is 1.15. The number of carbonyl (C=O) groups excluding carboxylic acids is 1. The molecule has 1 rings (SSSR count). The molecule has 0 radical (unpaired) electrons. The highest BCUT2D eigenvalue weighted by Crippen LogP contribution is 2.01. The van der Waals surface area contributed by atoms with Crippen molar-refractivity contribution in [2.75, 3.05) is 0 Å². The van der Waals surface area contributed by atoms with Crippen LogP contribution >= 0.6 is 0 Å². The predicted molar refractivity (Wildman–Crippen MR) is 43.5 cm³/mol. The number of esters is 1. The number of allylic oxidation sites excluding steroid dienone is 2. The molecule has 0 aliphatic rings. The molecular formula is C9H8O3. The van der Waals surface area contributed by atoms with Gasteiger partial charge in [-0.05, 0) is 12.1 Å². The van der Waals surface area contributed by atoms with Crippen LogP contribution in [0, 0.1) is 0 Å². The van der Waals surface area contributed by atoms with Crippen molar-refractivity contribution >= 4 is 5.97 Å². The van der Waals surface area contributed by atoms with Gasteiger partial charge >= 0.3 is 5.97 Å². The molecule has 0 saturated carbocycles. The van der Waals surface area contributed by atoms with Crippen molar-refractivity contribution < 1.29 is 13.9 Å². The molecule has 1 heterocycles. The molecule has 0 fully saturated rings. The van der Waals surface area contributed by atoms with Crippen molar-refractivity contribution in [3.8, 4) is 0 Å². The van der Waals surface area contributed by atoms with Crippen LogP contribution in [0.1, 0.15) is 10.4 Å². The number of ether oxygens (including phenoxy) is 1. The second kappa shape index (κ2) is 4.18. The second-order valence-electron chi connectivity index (χ2n) is 1.98. The largest absolute Gasteiger partial charge is 0.472 e. The first-order chi connectivity index (χ1) is 5.84. The minimum absolute atomic E-state index is 0.392. The quantitative estimate of drug-likeness (QED) is 0.390. The molecule has 0 N–H and O–H groups in total. The van der Waals surface area contributed by atoms with Crippen molar-refractivity contribution in [3.63, 3.8) is 0 Å². The Kier molecular flexibility index (Phi) is 2.90. The van der Waals surface area contributed by atoms with E-state index in [4.69, 9.17) is 4.42 Å². The third kappa shape index (κ3) is 2.12. The normalized spacial score (nSPS) is 10.0. The average Bonchev–Trinajstić information content (AvgIpc) is 2.56. The Labute approximate surface area is 69.9 Å². The lowest BCUT2D eigenvalue weighted by atomic mass is 10.3. The Bertz CT molecular complexity index is 283. The summed E-state index contributed by atoms with van der Waals surface area (Å²) < 4.78 is 9.37. The molecule has 0 spiro atoms. The number of hydrogen-bond acceptors (Lipinski definition) is 3. The van der Waals surface area contributed by atoms with Crippen LogP contribution in [0.4, 0.5) is 0 Å². The second-order valence-corrected chi connectivity index (χ2v) is 1.98. The molecule has 3 heteroatoms. The van der Waals surface area contributed by atoms with E-state index in [-0.39, 0.29) is 0 Å². The molecule has 12 heavy (non-hydrogen) atoms. The van der Waals surface area contributed by atoms with Gasteiger partial charge in [0, 0.05) is 0 Å². The first-order valence-electron chi connectivity index (χ1n) is 3.35. The molecule has 0 aliphatic heterocycles. The van der Waals surface area contributed by atoms with Gasteiger partial charge in [-0.1, -0.05) is 12.7 Å². The molecule has 0 atom stereocenters. The zero-order valence-electron chi connectivity index (χ0n) is 6.40. The van der Waals surface area contributed by atoms with E-state index in [2.05, 4.69) is 11.3 Å². The van der Waals surface area contributed by atoms with Crippen molar-refractivity contribution in [2.24, 2.45) is 0 Å². The van der Waals surface area contributed by atoms with E-state index in [0.29, 0.717) is 5.56 Å². The maximum atomic E-state index is 11.0. The smallest absolute Gasteiger partial charge is 0.346 e. The summed E-state index contributed by atoms with van der Waals surface area (Å²) in [6, 6.07) is 1.53. The Morgan fingerprint density at radius 1 is 1.67 bits per heavy atom. The Morgan fingerprint density at radius 2 is 2.50 bits per heavy atom. The number of hydrogen-bond donors (Lipinski definition) is 0. The summed E-state index contributed by atoms with van der Waals surface area (Å²) >= 11 is 0. The first kappa shape index (κ1) is 8.33. The van der Waals surface area contributed by atoms with Crippen LogP contribution in [0.25, 0.3) is 0 Å². The van der Waals surface area contributed by atoms with Gasteiger partial charge in [0.05, 0.1) is 18.1 Å². The molecule has 0 unspecified atom stereocenters. The third-order valence-corrected chi connectivity index (χ3v) is 1.15. The summed E-state index contributed by atoms with van der Waals surface area (Å²) in [6.45, 7) is 3.42. The molecule has 3 nitrogen and oxygen atoms in total. The van der Waals surface area contributed by atoms with E-state index >= 15 is 0 Å². The molecule has 0 aliphatic carbocycles. The molecule has 0 amide bonds. The Balaban J connectivity index is 2.50. The zero-order chi connectivity index (χ0) is 8.81.